The average Bonchev–Trinajstić information content (AvgIpc) is 2.31. The second-order valence-corrected chi connectivity index (χ2v) is 3.83. The minimum absolute atomic E-state index is 0.187. The lowest BCUT2D eigenvalue weighted by molar-refractivity contribution is 0.0203. The monoisotopic (exact) mass is 259 g/mol. The van der Waals surface area contributed by atoms with Gasteiger partial charge in [0.25, 0.3) is 0 Å². The Hall–Kier alpha value is -0.970. The van der Waals surface area contributed by atoms with Crippen molar-refractivity contribution in [3.8, 4) is 11.5 Å². The Balaban J connectivity index is 2.94. The first-order chi connectivity index (χ1) is 8.22. The standard InChI is InChI=1S/C12H18ClNO3/c1-3-16-8-17-12-9(4-5-14)6-10(13)7-11(12)15-2/h6-7H,3-5,8,14H2,1-2H3. The summed E-state index contributed by atoms with van der Waals surface area (Å²) in [5.74, 6) is 1.25. The van der Waals surface area contributed by atoms with E-state index in [1.54, 1.807) is 13.2 Å². The van der Waals surface area contributed by atoms with Crippen LogP contribution in [0.3, 0.4) is 0 Å². The fourth-order valence-corrected chi connectivity index (χ4v) is 1.69. The molecule has 0 amide bonds. The quantitative estimate of drug-likeness (QED) is 0.603. The number of benzene rings is 1. The van der Waals surface area contributed by atoms with Crippen molar-refractivity contribution >= 4 is 11.6 Å². The zero-order chi connectivity index (χ0) is 12.7. The zero-order valence-electron chi connectivity index (χ0n) is 10.2. The third kappa shape index (κ3) is 4.07. The summed E-state index contributed by atoms with van der Waals surface area (Å²) in [4.78, 5) is 0. The number of rotatable bonds is 7. The summed E-state index contributed by atoms with van der Waals surface area (Å²) in [6, 6.07) is 3.54. The summed E-state index contributed by atoms with van der Waals surface area (Å²) in [5, 5.41) is 0.606. The number of ether oxygens (including phenoxy) is 3. The maximum absolute atomic E-state index is 5.99. The molecular weight excluding hydrogens is 242 g/mol. The summed E-state index contributed by atoms with van der Waals surface area (Å²) in [5.41, 5.74) is 6.48. The van der Waals surface area contributed by atoms with E-state index in [2.05, 4.69) is 0 Å². The topological polar surface area (TPSA) is 53.7 Å². The van der Waals surface area contributed by atoms with Gasteiger partial charge in [-0.3, -0.25) is 0 Å². The first kappa shape index (κ1) is 14.1. The van der Waals surface area contributed by atoms with Crippen LogP contribution < -0.4 is 15.2 Å². The van der Waals surface area contributed by atoms with E-state index in [4.69, 9.17) is 31.5 Å². The molecule has 0 bridgehead atoms. The molecule has 0 spiro atoms. The Morgan fingerprint density at radius 2 is 2.12 bits per heavy atom. The lowest BCUT2D eigenvalue weighted by Crippen LogP contribution is -2.09. The molecule has 0 fully saturated rings. The molecule has 0 atom stereocenters. The minimum Gasteiger partial charge on any atom is -0.493 e. The molecule has 0 aliphatic heterocycles. The molecule has 0 radical (unpaired) electrons. The van der Waals surface area contributed by atoms with Gasteiger partial charge in [0.05, 0.1) is 7.11 Å². The molecule has 0 heterocycles. The fraction of sp³-hybridized carbons (Fsp3) is 0.500. The fourth-order valence-electron chi connectivity index (χ4n) is 1.46. The van der Waals surface area contributed by atoms with Crippen LogP contribution in [-0.4, -0.2) is 27.1 Å². The Morgan fingerprint density at radius 3 is 2.71 bits per heavy atom. The summed E-state index contributed by atoms with van der Waals surface area (Å²) < 4.78 is 15.9. The molecule has 0 saturated carbocycles. The van der Waals surface area contributed by atoms with Crippen LogP contribution in [0.25, 0.3) is 0 Å². The van der Waals surface area contributed by atoms with Crippen molar-refractivity contribution in [2.24, 2.45) is 5.73 Å². The highest BCUT2D eigenvalue weighted by Crippen LogP contribution is 2.34. The van der Waals surface area contributed by atoms with Crippen LogP contribution in [0, 0.1) is 0 Å². The predicted molar refractivity (Wildman–Crippen MR) is 67.9 cm³/mol. The van der Waals surface area contributed by atoms with Gasteiger partial charge in [-0.2, -0.15) is 0 Å². The van der Waals surface area contributed by atoms with E-state index in [9.17, 15) is 0 Å². The molecule has 0 unspecified atom stereocenters. The number of hydrogen-bond donors (Lipinski definition) is 1. The molecule has 0 saturated heterocycles. The first-order valence-corrected chi connectivity index (χ1v) is 5.87. The Morgan fingerprint density at radius 1 is 1.35 bits per heavy atom. The molecule has 1 aromatic rings. The molecule has 1 rings (SSSR count). The Kier molecular flexibility index (Phi) is 6.11. The van der Waals surface area contributed by atoms with Gasteiger partial charge in [0.2, 0.25) is 0 Å². The molecule has 96 valence electrons. The van der Waals surface area contributed by atoms with Gasteiger partial charge in [-0.15, -0.1) is 0 Å². The highest BCUT2D eigenvalue weighted by Gasteiger charge is 2.12. The molecule has 0 aliphatic carbocycles. The summed E-state index contributed by atoms with van der Waals surface area (Å²) >= 11 is 5.99. The van der Waals surface area contributed by atoms with Crippen LogP contribution in [0.4, 0.5) is 0 Å². The summed E-state index contributed by atoms with van der Waals surface area (Å²) in [6.07, 6.45) is 0.679. The zero-order valence-corrected chi connectivity index (χ0v) is 10.9. The lowest BCUT2D eigenvalue weighted by Gasteiger charge is -2.15. The lowest BCUT2D eigenvalue weighted by atomic mass is 10.1. The number of methoxy groups -OCH3 is 1. The van der Waals surface area contributed by atoms with Crippen LogP contribution in [-0.2, 0) is 11.2 Å². The molecular formula is C12H18ClNO3. The van der Waals surface area contributed by atoms with E-state index in [-0.39, 0.29) is 6.79 Å². The summed E-state index contributed by atoms with van der Waals surface area (Å²) in [6.45, 7) is 3.21. The van der Waals surface area contributed by atoms with Crippen LogP contribution in [0.1, 0.15) is 12.5 Å². The van der Waals surface area contributed by atoms with Crippen molar-refractivity contribution in [2.45, 2.75) is 13.3 Å². The average molecular weight is 260 g/mol. The normalized spacial score (nSPS) is 10.4. The van der Waals surface area contributed by atoms with Crippen LogP contribution in [0.2, 0.25) is 5.02 Å². The summed E-state index contributed by atoms with van der Waals surface area (Å²) in [7, 11) is 1.57. The smallest absolute Gasteiger partial charge is 0.189 e. The van der Waals surface area contributed by atoms with E-state index < -0.39 is 0 Å². The van der Waals surface area contributed by atoms with Crippen molar-refractivity contribution < 1.29 is 14.2 Å². The largest absolute Gasteiger partial charge is 0.493 e. The van der Waals surface area contributed by atoms with E-state index in [1.807, 2.05) is 13.0 Å². The molecule has 4 nitrogen and oxygen atoms in total. The van der Waals surface area contributed by atoms with Gasteiger partial charge < -0.3 is 19.9 Å². The van der Waals surface area contributed by atoms with Crippen molar-refractivity contribution in [1.82, 2.24) is 0 Å². The van der Waals surface area contributed by atoms with E-state index >= 15 is 0 Å². The maximum atomic E-state index is 5.99. The number of nitrogens with two attached hydrogens (primary N) is 1. The van der Waals surface area contributed by atoms with Crippen LogP contribution in [0.15, 0.2) is 12.1 Å². The van der Waals surface area contributed by atoms with E-state index in [1.165, 1.54) is 0 Å². The van der Waals surface area contributed by atoms with Gasteiger partial charge in [0.15, 0.2) is 18.3 Å². The van der Waals surface area contributed by atoms with Crippen molar-refractivity contribution in [3.63, 3.8) is 0 Å². The Bertz CT molecular complexity index is 358. The van der Waals surface area contributed by atoms with E-state index in [0.717, 1.165) is 5.56 Å². The third-order valence-electron chi connectivity index (χ3n) is 2.22. The second kappa shape index (κ2) is 7.37. The maximum Gasteiger partial charge on any atom is 0.189 e. The highest BCUT2D eigenvalue weighted by atomic mass is 35.5. The molecule has 2 N–H and O–H groups in total. The Labute approximate surface area is 107 Å². The number of halogens is 1. The molecule has 0 aliphatic rings. The second-order valence-electron chi connectivity index (χ2n) is 3.39. The van der Waals surface area contributed by atoms with Gasteiger partial charge in [-0.1, -0.05) is 11.6 Å². The highest BCUT2D eigenvalue weighted by molar-refractivity contribution is 6.30. The van der Waals surface area contributed by atoms with Crippen LogP contribution >= 0.6 is 11.6 Å². The van der Waals surface area contributed by atoms with Crippen molar-refractivity contribution in [1.29, 1.82) is 0 Å². The van der Waals surface area contributed by atoms with Gasteiger partial charge in [0.1, 0.15) is 0 Å². The number of hydrogen-bond acceptors (Lipinski definition) is 4. The molecule has 0 aromatic heterocycles. The first-order valence-electron chi connectivity index (χ1n) is 5.50. The molecule has 1 aromatic carbocycles. The van der Waals surface area contributed by atoms with Gasteiger partial charge in [0, 0.05) is 23.3 Å². The minimum atomic E-state index is 0.187. The predicted octanol–water partition coefficient (Wildman–Crippen LogP) is 2.22. The van der Waals surface area contributed by atoms with E-state index in [0.29, 0.717) is 36.1 Å². The SMILES string of the molecule is CCOCOc1c(CCN)cc(Cl)cc1OC. The van der Waals surface area contributed by atoms with Crippen LogP contribution in [0.5, 0.6) is 11.5 Å². The van der Waals surface area contributed by atoms with Crippen molar-refractivity contribution in [2.75, 3.05) is 27.1 Å². The van der Waals surface area contributed by atoms with Crippen molar-refractivity contribution in [3.05, 3.63) is 22.7 Å². The molecule has 17 heavy (non-hydrogen) atoms. The van der Waals surface area contributed by atoms with Gasteiger partial charge in [-0.05, 0) is 26.0 Å². The molecule has 5 heteroatoms. The van der Waals surface area contributed by atoms with Gasteiger partial charge >= 0.3 is 0 Å². The third-order valence-corrected chi connectivity index (χ3v) is 2.44. The van der Waals surface area contributed by atoms with Gasteiger partial charge in [-0.25, -0.2) is 0 Å².